The van der Waals surface area contributed by atoms with Crippen molar-refractivity contribution in [2.75, 3.05) is 11.9 Å². The summed E-state index contributed by atoms with van der Waals surface area (Å²) < 4.78 is 5.66. The predicted octanol–water partition coefficient (Wildman–Crippen LogP) is 3.71. The van der Waals surface area contributed by atoms with Crippen molar-refractivity contribution in [1.29, 1.82) is 0 Å². The first kappa shape index (κ1) is 19.6. The molecule has 152 valence electrons. The Hall–Kier alpha value is -3.67. The predicted molar refractivity (Wildman–Crippen MR) is 114 cm³/mol. The maximum atomic E-state index is 12.6. The summed E-state index contributed by atoms with van der Waals surface area (Å²) in [5, 5.41) is 5.87. The molecule has 1 unspecified atom stereocenters. The van der Waals surface area contributed by atoms with E-state index in [0.717, 1.165) is 24.1 Å². The van der Waals surface area contributed by atoms with Crippen LogP contribution in [0, 0.1) is 5.92 Å². The fraction of sp³-hybridized carbons (Fsp3) is 0.208. The molecule has 30 heavy (non-hydrogen) atoms. The summed E-state index contributed by atoms with van der Waals surface area (Å²) in [5.74, 6) is 0.419. The molecule has 0 radical (unpaired) electrons. The summed E-state index contributed by atoms with van der Waals surface area (Å²) in [7, 11) is 0. The number of carbonyl (C=O) groups excluding carboxylic acids is 2. The topological polar surface area (TPSA) is 80.3 Å². The van der Waals surface area contributed by atoms with E-state index in [2.05, 4.69) is 15.6 Å². The number of hydrogen-bond acceptors (Lipinski definition) is 4. The Morgan fingerprint density at radius 2 is 1.80 bits per heavy atom. The molecule has 2 N–H and O–H groups in total. The van der Waals surface area contributed by atoms with Gasteiger partial charge in [0.1, 0.15) is 5.75 Å². The highest BCUT2D eigenvalue weighted by Gasteiger charge is 2.29. The highest BCUT2D eigenvalue weighted by molar-refractivity contribution is 5.94. The van der Waals surface area contributed by atoms with E-state index in [9.17, 15) is 9.59 Å². The van der Waals surface area contributed by atoms with E-state index >= 15 is 0 Å². The maximum absolute atomic E-state index is 12.6. The van der Waals surface area contributed by atoms with E-state index in [1.165, 1.54) is 0 Å². The van der Waals surface area contributed by atoms with Crippen molar-refractivity contribution in [3.63, 3.8) is 0 Å². The molecule has 1 saturated carbocycles. The first-order valence-electron chi connectivity index (χ1n) is 9.98. The monoisotopic (exact) mass is 401 g/mol. The van der Waals surface area contributed by atoms with Gasteiger partial charge in [-0.05, 0) is 42.7 Å². The van der Waals surface area contributed by atoms with Crippen molar-refractivity contribution in [2.24, 2.45) is 5.92 Å². The average Bonchev–Trinajstić information content (AvgIpc) is 3.63. The van der Waals surface area contributed by atoms with Crippen molar-refractivity contribution in [3.05, 3.63) is 90.3 Å². The summed E-state index contributed by atoms with van der Waals surface area (Å²) in [6, 6.07) is 22.0. The van der Waals surface area contributed by atoms with E-state index < -0.39 is 0 Å². The molecule has 1 aromatic heterocycles. The van der Waals surface area contributed by atoms with E-state index in [0.29, 0.717) is 11.4 Å². The van der Waals surface area contributed by atoms with Crippen LogP contribution in [0.15, 0.2) is 79.0 Å². The molecule has 1 heterocycles. The van der Waals surface area contributed by atoms with Gasteiger partial charge in [0.15, 0.2) is 6.61 Å². The molecule has 0 saturated heterocycles. The van der Waals surface area contributed by atoms with Gasteiger partial charge in [0.25, 0.3) is 5.91 Å². The lowest BCUT2D eigenvalue weighted by atomic mass is 10.0. The van der Waals surface area contributed by atoms with Gasteiger partial charge in [0.05, 0.1) is 11.7 Å². The van der Waals surface area contributed by atoms with E-state index in [4.69, 9.17) is 4.74 Å². The third kappa shape index (κ3) is 5.23. The largest absolute Gasteiger partial charge is 0.484 e. The Morgan fingerprint density at radius 3 is 2.53 bits per heavy atom. The van der Waals surface area contributed by atoms with Crippen LogP contribution in [0.1, 0.15) is 30.1 Å². The van der Waals surface area contributed by atoms with Crippen LogP contribution in [-0.4, -0.2) is 23.4 Å². The molecule has 0 spiro atoms. The summed E-state index contributed by atoms with van der Waals surface area (Å²) >= 11 is 0. The molecule has 0 bridgehead atoms. The highest BCUT2D eigenvalue weighted by atomic mass is 16.5. The van der Waals surface area contributed by atoms with Crippen LogP contribution in [0.3, 0.4) is 0 Å². The molecule has 3 aromatic rings. The summed E-state index contributed by atoms with van der Waals surface area (Å²) in [5.41, 5.74) is 2.36. The lowest BCUT2D eigenvalue weighted by molar-refractivity contribution is -0.123. The first-order valence-corrected chi connectivity index (χ1v) is 9.98. The number of benzene rings is 2. The first-order chi connectivity index (χ1) is 14.7. The Morgan fingerprint density at radius 1 is 1.00 bits per heavy atom. The van der Waals surface area contributed by atoms with Gasteiger partial charge in [0, 0.05) is 23.9 Å². The van der Waals surface area contributed by atoms with Gasteiger partial charge in [-0.25, -0.2) is 0 Å². The third-order valence-corrected chi connectivity index (χ3v) is 4.84. The highest BCUT2D eigenvalue weighted by Crippen LogP contribution is 2.30. The van der Waals surface area contributed by atoms with E-state index in [-0.39, 0.29) is 30.4 Å². The van der Waals surface area contributed by atoms with Gasteiger partial charge in [-0.1, -0.05) is 42.5 Å². The number of pyridine rings is 1. The molecule has 6 heteroatoms. The molecule has 0 aliphatic heterocycles. The zero-order valence-electron chi connectivity index (χ0n) is 16.5. The van der Waals surface area contributed by atoms with Crippen LogP contribution in [0.5, 0.6) is 5.75 Å². The van der Waals surface area contributed by atoms with Gasteiger partial charge in [0.2, 0.25) is 5.91 Å². The number of carbonyl (C=O) groups is 2. The van der Waals surface area contributed by atoms with Crippen molar-refractivity contribution >= 4 is 17.5 Å². The van der Waals surface area contributed by atoms with Crippen LogP contribution in [0.25, 0.3) is 0 Å². The standard InChI is InChI=1S/C24H23N3O3/c28-22(16-30-20-10-6-9-19(15-20)26-24(29)18-12-13-18)27-23(17-7-2-1-3-8-17)21-11-4-5-14-25-21/h1-11,14-15,18,23H,12-13,16H2,(H,26,29)(H,27,28). The van der Waals surface area contributed by atoms with Crippen LogP contribution in [0.4, 0.5) is 5.69 Å². The van der Waals surface area contributed by atoms with Gasteiger partial charge in [-0.3, -0.25) is 14.6 Å². The Kier molecular flexibility index (Phi) is 6.03. The van der Waals surface area contributed by atoms with Gasteiger partial charge >= 0.3 is 0 Å². The average molecular weight is 401 g/mol. The minimum atomic E-state index is -0.368. The normalized spacial score (nSPS) is 13.9. The number of rotatable bonds is 8. The molecular formula is C24H23N3O3. The van der Waals surface area contributed by atoms with Crippen LogP contribution >= 0.6 is 0 Å². The Balaban J connectivity index is 1.39. The van der Waals surface area contributed by atoms with Crippen molar-refractivity contribution in [1.82, 2.24) is 10.3 Å². The zero-order chi connectivity index (χ0) is 20.8. The number of hydrogen-bond donors (Lipinski definition) is 2. The number of aromatic nitrogens is 1. The quantitative estimate of drug-likeness (QED) is 0.603. The zero-order valence-corrected chi connectivity index (χ0v) is 16.5. The fourth-order valence-electron chi connectivity index (χ4n) is 3.13. The SMILES string of the molecule is O=C(COc1cccc(NC(=O)C2CC2)c1)NC(c1ccccc1)c1ccccn1. The van der Waals surface area contributed by atoms with Crippen molar-refractivity contribution in [3.8, 4) is 5.75 Å². The van der Waals surface area contributed by atoms with Gasteiger partial charge < -0.3 is 15.4 Å². The second-order valence-corrected chi connectivity index (χ2v) is 7.25. The molecule has 6 nitrogen and oxygen atoms in total. The molecule has 1 aliphatic carbocycles. The summed E-state index contributed by atoms with van der Waals surface area (Å²) in [6.07, 6.45) is 3.59. The third-order valence-electron chi connectivity index (χ3n) is 4.84. The number of ether oxygens (including phenoxy) is 1. The number of nitrogens with one attached hydrogen (secondary N) is 2. The van der Waals surface area contributed by atoms with Gasteiger partial charge in [-0.2, -0.15) is 0 Å². The van der Waals surface area contributed by atoms with Crippen LogP contribution in [-0.2, 0) is 9.59 Å². The van der Waals surface area contributed by atoms with Crippen LogP contribution in [0.2, 0.25) is 0 Å². The minimum Gasteiger partial charge on any atom is -0.484 e. The molecular weight excluding hydrogens is 378 g/mol. The molecule has 4 rings (SSSR count). The lowest BCUT2D eigenvalue weighted by Gasteiger charge is -2.19. The molecule has 1 fully saturated rings. The number of anilines is 1. The second-order valence-electron chi connectivity index (χ2n) is 7.25. The minimum absolute atomic E-state index is 0.0333. The second kappa shape index (κ2) is 9.22. The van der Waals surface area contributed by atoms with E-state index in [1.807, 2.05) is 48.5 Å². The van der Waals surface area contributed by atoms with Crippen molar-refractivity contribution < 1.29 is 14.3 Å². The molecule has 2 aromatic carbocycles. The Labute approximate surface area is 175 Å². The number of amides is 2. The fourth-order valence-corrected chi connectivity index (χ4v) is 3.13. The molecule has 1 atom stereocenters. The smallest absolute Gasteiger partial charge is 0.258 e. The van der Waals surface area contributed by atoms with Crippen molar-refractivity contribution in [2.45, 2.75) is 18.9 Å². The molecule has 2 amide bonds. The van der Waals surface area contributed by atoms with E-state index in [1.54, 1.807) is 30.5 Å². The maximum Gasteiger partial charge on any atom is 0.258 e. The summed E-state index contributed by atoms with van der Waals surface area (Å²) in [6.45, 7) is -0.143. The Bertz CT molecular complexity index is 965. The lowest BCUT2D eigenvalue weighted by Crippen LogP contribution is -2.33. The molecule has 1 aliphatic rings. The van der Waals surface area contributed by atoms with Gasteiger partial charge in [-0.15, -0.1) is 0 Å². The summed E-state index contributed by atoms with van der Waals surface area (Å²) in [4.78, 5) is 28.9. The number of nitrogens with zero attached hydrogens (tertiary/aromatic N) is 1. The van der Waals surface area contributed by atoms with Crippen LogP contribution < -0.4 is 15.4 Å².